The molecule has 30 heavy (non-hydrogen) atoms. The second-order valence-electron chi connectivity index (χ2n) is 8.13. The maximum Gasteiger partial charge on any atom is 0.357 e. The van der Waals surface area contributed by atoms with E-state index in [4.69, 9.17) is 9.47 Å². The van der Waals surface area contributed by atoms with Crippen LogP contribution in [0.15, 0.2) is 36.4 Å². The quantitative estimate of drug-likeness (QED) is 0.736. The highest BCUT2D eigenvalue weighted by molar-refractivity contribution is 5.92. The Hall–Kier alpha value is -2.51. The molecule has 0 bridgehead atoms. The highest BCUT2D eigenvalue weighted by Gasteiger charge is 2.38. The van der Waals surface area contributed by atoms with Crippen molar-refractivity contribution in [2.24, 2.45) is 0 Å². The summed E-state index contributed by atoms with van der Waals surface area (Å²) in [5, 5.41) is 3.96. The van der Waals surface area contributed by atoms with Crippen molar-refractivity contribution in [3.63, 3.8) is 0 Å². The molecular weight excluding hydrogens is 382 g/mol. The molecule has 1 N–H and O–H groups in total. The number of nitrogens with one attached hydrogen (secondary N) is 1. The molecular formula is C23H29N3O4. The second kappa shape index (κ2) is 9.53. The normalized spacial score (nSPS) is 19.3. The van der Waals surface area contributed by atoms with Gasteiger partial charge < -0.3 is 14.8 Å². The summed E-state index contributed by atoms with van der Waals surface area (Å²) in [4.78, 5) is 31.5. The molecule has 2 aromatic rings. The summed E-state index contributed by atoms with van der Waals surface area (Å²) in [6, 6.07) is 11.0. The molecule has 1 amide bonds. The van der Waals surface area contributed by atoms with E-state index in [1.54, 1.807) is 6.07 Å². The Morgan fingerprint density at radius 2 is 1.83 bits per heavy atom. The molecule has 0 unspecified atom stereocenters. The van der Waals surface area contributed by atoms with Crippen LogP contribution in [0.3, 0.4) is 0 Å². The molecule has 0 atom stereocenters. The number of fused-ring (bicyclic) bond motifs is 1. The summed E-state index contributed by atoms with van der Waals surface area (Å²) in [5.41, 5.74) is 0.918. The predicted molar refractivity (Wildman–Crippen MR) is 113 cm³/mol. The number of carbonyl (C=O) groups is 2. The first-order valence-corrected chi connectivity index (χ1v) is 10.8. The molecule has 7 heteroatoms. The number of aromatic nitrogens is 1. The Morgan fingerprint density at radius 1 is 1.07 bits per heavy atom. The summed E-state index contributed by atoms with van der Waals surface area (Å²) in [6.45, 7) is 3.57. The maximum absolute atomic E-state index is 12.4. The minimum Gasteiger partial charge on any atom is -0.451 e. The lowest BCUT2D eigenvalue weighted by molar-refractivity contribution is -0.125. The van der Waals surface area contributed by atoms with Crippen LogP contribution in [0.5, 0.6) is 0 Å². The van der Waals surface area contributed by atoms with Crippen LogP contribution in [0, 0.1) is 0 Å². The first kappa shape index (κ1) is 20.8. The van der Waals surface area contributed by atoms with E-state index in [2.05, 4.69) is 15.2 Å². The Bertz CT molecular complexity index is 889. The van der Waals surface area contributed by atoms with Gasteiger partial charge >= 0.3 is 5.97 Å². The van der Waals surface area contributed by atoms with Crippen LogP contribution in [-0.4, -0.2) is 66.8 Å². The van der Waals surface area contributed by atoms with Crippen LogP contribution in [0.4, 0.5) is 0 Å². The molecule has 1 saturated heterocycles. The first-order valence-electron chi connectivity index (χ1n) is 10.8. The van der Waals surface area contributed by atoms with Crippen molar-refractivity contribution in [1.82, 2.24) is 15.2 Å². The number of hydrogen-bond donors (Lipinski definition) is 1. The average molecular weight is 412 g/mol. The van der Waals surface area contributed by atoms with Crippen LogP contribution in [0.25, 0.3) is 10.9 Å². The van der Waals surface area contributed by atoms with E-state index >= 15 is 0 Å². The van der Waals surface area contributed by atoms with Crippen molar-refractivity contribution < 1.29 is 19.1 Å². The van der Waals surface area contributed by atoms with Crippen molar-refractivity contribution in [3.05, 3.63) is 42.1 Å². The minimum atomic E-state index is -0.587. The Balaban J connectivity index is 1.31. The van der Waals surface area contributed by atoms with Crippen molar-refractivity contribution in [3.8, 4) is 0 Å². The molecule has 2 heterocycles. The third-order valence-electron chi connectivity index (χ3n) is 6.22. The monoisotopic (exact) mass is 411 g/mol. The summed E-state index contributed by atoms with van der Waals surface area (Å²) >= 11 is 0. The Labute approximate surface area is 176 Å². The molecule has 2 fully saturated rings. The zero-order valence-corrected chi connectivity index (χ0v) is 17.3. The van der Waals surface area contributed by atoms with Crippen molar-refractivity contribution in [2.45, 2.75) is 37.6 Å². The fourth-order valence-corrected chi connectivity index (χ4v) is 4.55. The topological polar surface area (TPSA) is 80.8 Å². The third-order valence-corrected chi connectivity index (χ3v) is 6.22. The average Bonchev–Trinajstić information content (AvgIpc) is 2.82. The van der Waals surface area contributed by atoms with E-state index in [-0.39, 0.29) is 23.7 Å². The Kier molecular flexibility index (Phi) is 6.59. The number of pyridine rings is 1. The van der Waals surface area contributed by atoms with E-state index in [0.717, 1.165) is 50.0 Å². The summed E-state index contributed by atoms with van der Waals surface area (Å²) in [5.74, 6) is -0.862. The van der Waals surface area contributed by atoms with Gasteiger partial charge in [-0.2, -0.15) is 0 Å². The van der Waals surface area contributed by atoms with Gasteiger partial charge in [-0.1, -0.05) is 43.5 Å². The van der Waals surface area contributed by atoms with Crippen LogP contribution < -0.4 is 5.32 Å². The lowest BCUT2D eigenvalue weighted by atomic mass is 9.79. The fraction of sp³-hybridized carbons (Fsp3) is 0.522. The number of carbonyl (C=O) groups excluding carboxylic acids is 2. The van der Waals surface area contributed by atoms with Crippen LogP contribution in [0.2, 0.25) is 0 Å². The SMILES string of the molecule is O=C(COC(=O)c1ccc2ccccc2n1)NCC1(N2CCOCC2)CCCCC1. The molecule has 4 rings (SSSR count). The molecule has 1 saturated carbocycles. The standard InChI is InChI=1S/C23H29N3O4/c27-21(16-30-22(28)20-9-8-18-6-2-3-7-19(18)25-20)24-17-23(10-4-1-5-11-23)26-12-14-29-15-13-26/h2-3,6-9H,1,4-5,10-17H2,(H,24,27). The largest absolute Gasteiger partial charge is 0.451 e. The van der Waals surface area contributed by atoms with Crippen LogP contribution >= 0.6 is 0 Å². The zero-order chi connectivity index (χ0) is 20.8. The van der Waals surface area contributed by atoms with E-state index in [0.29, 0.717) is 6.54 Å². The number of nitrogens with zero attached hydrogens (tertiary/aromatic N) is 2. The number of ether oxygens (including phenoxy) is 2. The number of amides is 1. The van der Waals surface area contributed by atoms with Gasteiger partial charge in [0, 0.05) is 30.6 Å². The van der Waals surface area contributed by atoms with Gasteiger partial charge in [0.2, 0.25) is 0 Å². The van der Waals surface area contributed by atoms with E-state index < -0.39 is 5.97 Å². The predicted octanol–water partition coefficient (Wildman–Crippen LogP) is 2.54. The van der Waals surface area contributed by atoms with E-state index in [9.17, 15) is 9.59 Å². The van der Waals surface area contributed by atoms with Gasteiger partial charge in [-0.3, -0.25) is 9.69 Å². The smallest absolute Gasteiger partial charge is 0.357 e. The number of morpholine rings is 1. The van der Waals surface area contributed by atoms with E-state index in [1.165, 1.54) is 19.3 Å². The molecule has 0 radical (unpaired) electrons. The number of esters is 1. The van der Waals surface area contributed by atoms with Crippen molar-refractivity contribution in [2.75, 3.05) is 39.5 Å². The fourth-order valence-electron chi connectivity index (χ4n) is 4.55. The summed E-state index contributed by atoms with van der Waals surface area (Å²) < 4.78 is 10.7. The van der Waals surface area contributed by atoms with Gasteiger partial charge in [-0.15, -0.1) is 0 Å². The molecule has 1 aromatic carbocycles. The zero-order valence-electron chi connectivity index (χ0n) is 17.3. The van der Waals surface area contributed by atoms with E-state index in [1.807, 2.05) is 30.3 Å². The van der Waals surface area contributed by atoms with Gasteiger partial charge in [0.1, 0.15) is 5.69 Å². The molecule has 7 nitrogen and oxygen atoms in total. The first-order chi connectivity index (χ1) is 14.7. The van der Waals surface area contributed by atoms with Crippen molar-refractivity contribution in [1.29, 1.82) is 0 Å². The molecule has 0 spiro atoms. The molecule has 2 aliphatic rings. The van der Waals surface area contributed by atoms with Crippen LogP contribution in [-0.2, 0) is 14.3 Å². The highest BCUT2D eigenvalue weighted by Crippen LogP contribution is 2.33. The third kappa shape index (κ3) is 4.79. The van der Waals surface area contributed by atoms with Gasteiger partial charge in [-0.25, -0.2) is 9.78 Å². The van der Waals surface area contributed by atoms with Gasteiger partial charge in [0.05, 0.1) is 18.7 Å². The van der Waals surface area contributed by atoms with Gasteiger partial charge in [0.15, 0.2) is 6.61 Å². The lowest BCUT2D eigenvalue weighted by Crippen LogP contribution is -2.59. The second-order valence-corrected chi connectivity index (χ2v) is 8.13. The number of para-hydroxylation sites is 1. The molecule has 1 aromatic heterocycles. The highest BCUT2D eigenvalue weighted by atomic mass is 16.5. The number of benzene rings is 1. The van der Waals surface area contributed by atoms with Crippen LogP contribution in [0.1, 0.15) is 42.6 Å². The minimum absolute atomic E-state index is 0.0123. The summed E-state index contributed by atoms with van der Waals surface area (Å²) in [7, 11) is 0. The number of hydrogen-bond acceptors (Lipinski definition) is 6. The van der Waals surface area contributed by atoms with Gasteiger partial charge in [-0.05, 0) is 25.0 Å². The number of rotatable bonds is 6. The summed E-state index contributed by atoms with van der Waals surface area (Å²) in [6.07, 6.45) is 5.75. The Morgan fingerprint density at radius 3 is 2.63 bits per heavy atom. The maximum atomic E-state index is 12.4. The lowest BCUT2D eigenvalue weighted by Gasteiger charge is -2.48. The van der Waals surface area contributed by atoms with Gasteiger partial charge in [0.25, 0.3) is 5.91 Å². The molecule has 160 valence electrons. The molecule has 1 aliphatic carbocycles. The van der Waals surface area contributed by atoms with Crippen molar-refractivity contribution >= 4 is 22.8 Å². The molecule has 1 aliphatic heterocycles.